The lowest BCUT2D eigenvalue weighted by molar-refractivity contribution is 0.0698. The molecule has 0 aliphatic heterocycles. The van der Waals surface area contributed by atoms with Gasteiger partial charge in [0.05, 0.1) is 23.5 Å². The number of aromatic nitrogens is 3. The summed E-state index contributed by atoms with van der Waals surface area (Å²) in [4.78, 5) is 23.2. The lowest BCUT2D eigenvalue weighted by atomic mass is 10.2. The molecule has 0 unspecified atom stereocenters. The van der Waals surface area contributed by atoms with Crippen LogP contribution in [0.25, 0.3) is 0 Å². The smallest absolute Gasteiger partial charge is 0.337 e. The fraction of sp³-hybridized carbons (Fsp3) is 0.167. The van der Waals surface area contributed by atoms with Gasteiger partial charge in [0.2, 0.25) is 0 Å². The first-order valence-electron chi connectivity index (χ1n) is 5.58. The maximum atomic E-state index is 10.9. The predicted octanol–water partition coefficient (Wildman–Crippen LogP) is 1.07. The van der Waals surface area contributed by atoms with Crippen molar-refractivity contribution in [3.63, 3.8) is 0 Å². The summed E-state index contributed by atoms with van der Waals surface area (Å²) in [5.74, 6) is -0.0866. The van der Waals surface area contributed by atoms with Crippen molar-refractivity contribution in [2.45, 2.75) is 13.5 Å². The standard InChI is InChI=1S/C12H13N5O2/c1-7-14-4-2-8(17-7)6-16-11-10(13)9(12(18)19)3-5-15-11/h2-5H,6,13H2,1H3,(H,15,16)(H,18,19). The maximum Gasteiger partial charge on any atom is 0.337 e. The molecular weight excluding hydrogens is 246 g/mol. The number of pyridine rings is 1. The zero-order valence-corrected chi connectivity index (χ0v) is 10.3. The van der Waals surface area contributed by atoms with E-state index in [1.165, 1.54) is 12.3 Å². The van der Waals surface area contributed by atoms with Crippen LogP contribution in [0.5, 0.6) is 0 Å². The zero-order chi connectivity index (χ0) is 13.8. The van der Waals surface area contributed by atoms with E-state index in [2.05, 4.69) is 20.3 Å². The molecule has 0 saturated carbocycles. The van der Waals surface area contributed by atoms with Crippen molar-refractivity contribution in [1.82, 2.24) is 15.0 Å². The second-order valence-electron chi connectivity index (χ2n) is 3.87. The highest BCUT2D eigenvalue weighted by Gasteiger charge is 2.11. The van der Waals surface area contributed by atoms with Gasteiger partial charge < -0.3 is 16.2 Å². The third-order valence-electron chi connectivity index (χ3n) is 2.49. The molecule has 2 aromatic rings. The van der Waals surface area contributed by atoms with Crippen LogP contribution < -0.4 is 11.1 Å². The SMILES string of the molecule is Cc1nccc(CNc2nccc(C(=O)O)c2N)n1. The minimum absolute atomic E-state index is 0.0244. The lowest BCUT2D eigenvalue weighted by Crippen LogP contribution is -2.10. The van der Waals surface area contributed by atoms with Crippen molar-refractivity contribution in [2.24, 2.45) is 0 Å². The van der Waals surface area contributed by atoms with E-state index in [-0.39, 0.29) is 11.3 Å². The second-order valence-corrected chi connectivity index (χ2v) is 3.87. The van der Waals surface area contributed by atoms with Crippen molar-refractivity contribution < 1.29 is 9.90 Å². The van der Waals surface area contributed by atoms with Crippen LogP contribution in [0.1, 0.15) is 21.9 Å². The maximum absolute atomic E-state index is 10.9. The molecule has 2 rings (SSSR count). The first-order valence-corrected chi connectivity index (χ1v) is 5.58. The Balaban J connectivity index is 2.16. The van der Waals surface area contributed by atoms with E-state index >= 15 is 0 Å². The first kappa shape index (κ1) is 12.7. The normalized spacial score (nSPS) is 10.2. The number of carboxylic acids is 1. The van der Waals surface area contributed by atoms with E-state index in [9.17, 15) is 4.79 Å². The van der Waals surface area contributed by atoms with Crippen molar-refractivity contribution in [3.05, 3.63) is 41.6 Å². The van der Waals surface area contributed by atoms with Gasteiger partial charge in [-0.2, -0.15) is 0 Å². The second kappa shape index (κ2) is 5.30. The van der Waals surface area contributed by atoms with Crippen LogP contribution in [0.2, 0.25) is 0 Å². The molecular formula is C12H13N5O2. The van der Waals surface area contributed by atoms with Gasteiger partial charge in [-0.15, -0.1) is 0 Å². The van der Waals surface area contributed by atoms with E-state index in [0.717, 1.165) is 5.69 Å². The third-order valence-corrected chi connectivity index (χ3v) is 2.49. The lowest BCUT2D eigenvalue weighted by Gasteiger charge is -2.09. The number of aryl methyl sites for hydroxylation is 1. The number of rotatable bonds is 4. The predicted molar refractivity (Wildman–Crippen MR) is 69.7 cm³/mol. The van der Waals surface area contributed by atoms with E-state index < -0.39 is 5.97 Å². The Hall–Kier alpha value is -2.70. The molecule has 0 fully saturated rings. The molecule has 0 atom stereocenters. The molecule has 7 heteroatoms. The van der Waals surface area contributed by atoms with Gasteiger partial charge in [0.15, 0.2) is 0 Å². The van der Waals surface area contributed by atoms with E-state index in [0.29, 0.717) is 18.2 Å². The number of nitrogen functional groups attached to an aromatic ring is 1. The number of nitrogens with two attached hydrogens (primary N) is 1. The molecule has 0 saturated heterocycles. The Kier molecular flexibility index (Phi) is 3.56. The zero-order valence-electron chi connectivity index (χ0n) is 10.3. The highest BCUT2D eigenvalue weighted by molar-refractivity contribution is 5.96. The van der Waals surface area contributed by atoms with Crippen LogP contribution in [-0.4, -0.2) is 26.0 Å². The Labute approximate surface area is 109 Å². The molecule has 0 amide bonds. The number of hydrogen-bond donors (Lipinski definition) is 3. The molecule has 98 valence electrons. The summed E-state index contributed by atoms with van der Waals surface area (Å²) in [5, 5.41) is 11.9. The molecule has 2 heterocycles. The number of nitrogens with zero attached hydrogens (tertiary/aromatic N) is 3. The Bertz CT molecular complexity index is 615. The molecule has 0 aliphatic carbocycles. The van der Waals surface area contributed by atoms with Gasteiger partial charge in [0.1, 0.15) is 11.6 Å². The minimum atomic E-state index is -1.08. The van der Waals surface area contributed by atoms with Crippen LogP contribution in [0.4, 0.5) is 11.5 Å². The molecule has 7 nitrogen and oxygen atoms in total. The molecule has 0 bridgehead atoms. The monoisotopic (exact) mass is 259 g/mol. The van der Waals surface area contributed by atoms with Gasteiger partial charge in [0, 0.05) is 12.4 Å². The van der Waals surface area contributed by atoms with Gasteiger partial charge in [-0.05, 0) is 19.1 Å². The Morgan fingerprint density at radius 1 is 1.37 bits per heavy atom. The number of aromatic carboxylic acids is 1. The summed E-state index contributed by atoms with van der Waals surface area (Å²) in [6, 6.07) is 3.12. The van der Waals surface area contributed by atoms with Gasteiger partial charge in [-0.1, -0.05) is 0 Å². The minimum Gasteiger partial charge on any atom is -0.478 e. The largest absolute Gasteiger partial charge is 0.478 e. The summed E-state index contributed by atoms with van der Waals surface area (Å²) >= 11 is 0. The fourth-order valence-electron chi connectivity index (χ4n) is 1.58. The van der Waals surface area contributed by atoms with Crippen molar-refractivity contribution in [1.29, 1.82) is 0 Å². The highest BCUT2D eigenvalue weighted by atomic mass is 16.4. The number of nitrogens with one attached hydrogen (secondary N) is 1. The quantitative estimate of drug-likeness (QED) is 0.752. The summed E-state index contributed by atoms with van der Waals surface area (Å²) in [6.07, 6.45) is 3.05. The van der Waals surface area contributed by atoms with E-state index in [1.807, 2.05) is 0 Å². The topological polar surface area (TPSA) is 114 Å². The number of anilines is 2. The Morgan fingerprint density at radius 2 is 2.11 bits per heavy atom. The summed E-state index contributed by atoms with van der Waals surface area (Å²) < 4.78 is 0. The fourth-order valence-corrected chi connectivity index (χ4v) is 1.58. The first-order chi connectivity index (χ1) is 9.08. The van der Waals surface area contributed by atoms with Crippen LogP contribution >= 0.6 is 0 Å². The molecule has 0 aliphatic rings. The average molecular weight is 259 g/mol. The van der Waals surface area contributed by atoms with Crippen molar-refractivity contribution in [3.8, 4) is 0 Å². The Morgan fingerprint density at radius 3 is 2.79 bits per heavy atom. The third kappa shape index (κ3) is 2.95. The van der Waals surface area contributed by atoms with Crippen LogP contribution in [0, 0.1) is 6.92 Å². The molecule has 0 aromatic carbocycles. The number of hydrogen-bond acceptors (Lipinski definition) is 6. The highest BCUT2D eigenvalue weighted by Crippen LogP contribution is 2.20. The van der Waals surface area contributed by atoms with Gasteiger partial charge >= 0.3 is 5.97 Å². The van der Waals surface area contributed by atoms with Gasteiger partial charge in [-0.25, -0.2) is 19.7 Å². The van der Waals surface area contributed by atoms with Crippen molar-refractivity contribution >= 4 is 17.5 Å². The molecule has 0 spiro atoms. The summed E-state index contributed by atoms with van der Waals surface area (Å²) in [5.41, 5.74) is 6.65. The van der Waals surface area contributed by atoms with E-state index in [4.69, 9.17) is 10.8 Å². The van der Waals surface area contributed by atoms with Crippen molar-refractivity contribution in [2.75, 3.05) is 11.1 Å². The summed E-state index contributed by atoms with van der Waals surface area (Å²) in [6.45, 7) is 2.19. The molecule has 19 heavy (non-hydrogen) atoms. The van der Waals surface area contributed by atoms with E-state index in [1.54, 1.807) is 19.2 Å². The van der Waals surface area contributed by atoms with Crippen LogP contribution in [-0.2, 0) is 6.54 Å². The number of carboxylic acid groups (broad SMARTS) is 1. The molecule has 4 N–H and O–H groups in total. The molecule has 2 aromatic heterocycles. The molecule has 0 radical (unpaired) electrons. The van der Waals surface area contributed by atoms with Gasteiger partial charge in [0.25, 0.3) is 0 Å². The van der Waals surface area contributed by atoms with Crippen LogP contribution in [0.15, 0.2) is 24.5 Å². The number of carbonyl (C=O) groups is 1. The van der Waals surface area contributed by atoms with Crippen LogP contribution in [0.3, 0.4) is 0 Å². The average Bonchev–Trinajstić information content (AvgIpc) is 2.37. The summed E-state index contributed by atoms with van der Waals surface area (Å²) in [7, 11) is 0. The van der Waals surface area contributed by atoms with Gasteiger partial charge in [-0.3, -0.25) is 0 Å².